The molecule has 1 amide bonds. The van der Waals surface area contributed by atoms with Crippen LogP contribution in [0, 0.1) is 0 Å². The van der Waals surface area contributed by atoms with Gasteiger partial charge in [-0.25, -0.2) is 9.97 Å². The lowest BCUT2D eigenvalue weighted by Gasteiger charge is -2.09. The Labute approximate surface area is 149 Å². The molecular formula is C18H15ClN4O2. The monoisotopic (exact) mass is 354 g/mol. The highest BCUT2D eigenvalue weighted by atomic mass is 35.5. The van der Waals surface area contributed by atoms with E-state index in [1.165, 1.54) is 7.11 Å². The van der Waals surface area contributed by atoms with Crippen molar-refractivity contribution in [3.05, 3.63) is 65.3 Å². The molecule has 0 saturated heterocycles. The quantitative estimate of drug-likeness (QED) is 0.746. The zero-order valence-electron chi connectivity index (χ0n) is 13.4. The van der Waals surface area contributed by atoms with Gasteiger partial charge in [0.05, 0.1) is 17.8 Å². The van der Waals surface area contributed by atoms with Crippen LogP contribution >= 0.6 is 11.6 Å². The summed E-state index contributed by atoms with van der Waals surface area (Å²) in [6, 6.07) is 13.9. The smallest absolute Gasteiger partial charge is 0.255 e. The molecule has 0 aliphatic heterocycles. The lowest BCUT2D eigenvalue weighted by molar-refractivity contribution is 0.102. The van der Waals surface area contributed by atoms with Gasteiger partial charge in [-0.05, 0) is 36.4 Å². The van der Waals surface area contributed by atoms with Crippen LogP contribution in [0.25, 0.3) is 11.3 Å². The van der Waals surface area contributed by atoms with E-state index in [2.05, 4.69) is 15.3 Å². The third kappa shape index (κ3) is 3.87. The molecule has 126 valence electrons. The van der Waals surface area contributed by atoms with Crippen molar-refractivity contribution in [2.75, 3.05) is 18.2 Å². The van der Waals surface area contributed by atoms with E-state index < -0.39 is 0 Å². The highest BCUT2D eigenvalue weighted by Crippen LogP contribution is 2.26. The van der Waals surface area contributed by atoms with Crippen molar-refractivity contribution in [1.82, 2.24) is 9.97 Å². The van der Waals surface area contributed by atoms with Gasteiger partial charge in [-0.15, -0.1) is 0 Å². The number of nitrogens with two attached hydrogens (primary N) is 1. The second-order valence-corrected chi connectivity index (χ2v) is 5.59. The number of benzene rings is 2. The Morgan fingerprint density at radius 2 is 1.92 bits per heavy atom. The van der Waals surface area contributed by atoms with Crippen LogP contribution in [0.3, 0.4) is 0 Å². The largest absolute Gasteiger partial charge is 0.495 e. The molecule has 3 rings (SSSR count). The van der Waals surface area contributed by atoms with Crippen molar-refractivity contribution < 1.29 is 9.53 Å². The molecule has 0 atom stereocenters. The Balaban J connectivity index is 1.76. The van der Waals surface area contributed by atoms with E-state index in [1.807, 2.05) is 12.1 Å². The molecule has 25 heavy (non-hydrogen) atoms. The minimum absolute atomic E-state index is 0.214. The van der Waals surface area contributed by atoms with Gasteiger partial charge >= 0.3 is 0 Å². The predicted molar refractivity (Wildman–Crippen MR) is 97.8 cm³/mol. The molecule has 0 unspecified atom stereocenters. The zero-order chi connectivity index (χ0) is 17.8. The van der Waals surface area contributed by atoms with E-state index in [0.29, 0.717) is 27.7 Å². The van der Waals surface area contributed by atoms with Crippen LogP contribution in [0.4, 0.5) is 11.6 Å². The fourth-order valence-corrected chi connectivity index (χ4v) is 2.46. The van der Waals surface area contributed by atoms with Crippen LogP contribution < -0.4 is 15.8 Å². The first-order chi connectivity index (χ1) is 12.1. The summed E-state index contributed by atoms with van der Waals surface area (Å²) >= 11 is 5.97. The minimum atomic E-state index is -0.256. The number of nitrogen functional groups attached to an aromatic ring is 1. The van der Waals surface area contributed by atoms with Crippen molar-refractivity contribution in [2.24, 2.45) is 0 Å². The lowest BCUT2D eigenvalue weighted by atomic mass is 10.1. The van der Waals surface area contributed by atoms with Gasteiger partial charge in [-0.1, -0.05) is 23.7 Å². The molecule has 0 spiro atoms. The van der Waals surface area contributed by atoms with Gasteiger partial charge in [0.25, 0.3) is 5.91 Å². The molecule has 0 fully saturated rings. The van der Waals surface area contributed by atoms with Crippen molar-refractivity contribution in [1.29, 1.82) is 0 Å². The summed E-state index contributed by atoms with van der Waals surface area (Å²) in [7, 11) is 1.50. The molecular weight excluding hydrogens is 340 g/mol. The fraction of sp³-hybridized carbons (Fsp3) is 0.0556. The Bertz CT molecular complexity index is 913. The molecule has 2 aromatic carbocycles. The number of halogens is 1. The number of anilines is 2. The highest BCUT2D eigenvalue weighted by molar-refractivity contribution is 6.32. The van der Waals surface area contributed by atoms with Crippen LogP contribution in [0.2, 0.25) is 5.02 Å². The Kier molecular flexibility index (Phi) is 4.81. The maximum Gasteiger partial charge on any atom is 0.255 e. The fourth-order valence-electron chi connectivity index (χ4n) is 2.26. The van der Waals surface area contributed by atoms with Crippen LogP contribution in [0.1, 0.15) is 10.4 Å². The zero-order valence-corrected chi connectivity index (χ0v) is 14.1. The number of aromatic nitrogens is 2. The molecule has 1 heterocycles. The summed E-state index contributed by atoms with van der Waals surface area (Å²) in [5.74, 6) is 0.409. The summed E-state index contributed by atoms with van der Waals surface area (Å²) < 4.78 is 5.13. The molecule has 6 nitrogen and oxygen atoms in total. The van der Waals surface area contributed by atoms with Crippen molar-refractivity contribution in [2.45, 2.75) is 0 Å². The van der Waals surface area contributed by atoms with E-state index in [-0.39, 0.29) is 11.9 Å². The van der Waals surface area contributed by atoms with Gasteiger partial charge in [0, 0.05) is 23.0 Å². The molecule has 7 heteroatoms. The number of amides is 1. The molecule has 3 N–H and O–H groups in total. The SMILES string of the molecule is COc1cc(C(=O)Nc2ccc(-c3ccnc(N)n3)cc2)ccc1Cl. The third-order valence-corrected chi connectivity index (χ3v) is 3.84. The maximum absolute atomic E-state index is 12.3. The number of nitrogens with one attached hydrogen (secondary N) is 1. The number of ether oxygens (including phenoxy) is 1. The molecule has 3 aromatic rings. The molecule has 1 aromatic heterocycles. The van der Waals surface area contributed by atoms with Crippen LogP contribution in [0.15, 0.2) is 54.7 Å². The Hall–Kier alpha value is -3.12. The second kappa shape index (κ2) is 7.19. The van der Waals surface area contributed by atoms with E-state index >= 15 is 0 Å². The van der Waals surface area contributed by atoms with Crippen LogP contribution in [-0.2, 0) is 0 Å². The predicted octanol–water partition coefficient (Wildman–Crippen LogP) is 3.64. The minimum Gasteiger partial charge on any atom is -0.495 e. The first-order valence-electron chi connectivity index (χ1n) is 7.40. The number of hydrogen-bond acceptors (Lipinski definition) is 5. The van der Waals surface area contributed by atoms with Crippen molar-refractivity contribution in [3.63, 3.8) is 0 Å². The average Bonchev–Trinajstić information content (AvgIpc) is 2.62. The van der Waals surface area contributed by atoms with Gasteiger partial charge in [0.1, 0.15) is 5.75 Å². The van der Waals surface area contributed by atoms with Gasteiger partial charge in [0.15, 0.2) is 0 Å². The second-order valence-electron chi connectivity index (χ2n) is 5.18. The summed E-state index contributed by atoms with van der Waals surface area (Å²) in [5, 5.41) is 3.28. The molecule has 0 aliphatic carbocycles. The van der Waals surface area contributed by atoms with Crippen LogP contribution in [-0.4, -0.2) is 23.0 Å². The molecule has 0 aliphatic rings. The highest BCUT2D eigenvalue weighted by Gasteiger charge is 2.10. The Morgan fingerprint density at radius 3 is 2.60 bits per heavy atom. The topological polar surface area (TPSA) is 90.1 Å². The molecule has 0 saturated carbocycles. The first kappa shape index (κ1) is 16.7. The number of carbonyl (C=O) groups excluding carboxylic acids is 1. The first-order valence-corrected chi connectivity index (χ1v) is 7.78. The van der Waals surface area contributed by atoms with Crippen molar-refractivity contribution in [3.8, 4) is 17.0 Å². The van der Waals surface area contributed by atoms with Gasteiger partial charge in [-0.2, -0.15) is 0 Å². The summed E-state index contributed by atoms with van der Waals surface area (Å²) in [4.78, 5) is 20.4. The maximum atomic E-state index is 12.3. The summed E-state index contributed by atoms with van der Waals surface area (Å²) in [5.41, 5.74) is 8.29. The standard InChI is InChI=1S/C18H15ClN4O2/c1-25-16-10-12(4-7-14(16)19)17(24)22-13-5-2-11(3-6-13)15-8-9-21-18(20)23-15/h2-10H,1H3,(H,22,24)(H2,20,21,23). The van der Waals surface area contributed by atoms with Gasteiger partial charge in [-0.3, -0.25) is 4.79 Å². The van der Waals surface area contributed by atoms with Crippen molar-refractivity contribution >= 4 is 29.1 Å². The average molecular weight is 355 g/mol. The molecule has 0 bridgehead atoms. The van der Waals surface area contributed by atoms with Gasteiger partial charge < -0.3 is 15.8 Å². The lowest BCUT2D eigenvalue weighted by Crippen LogP contribution is -2.11. The van der Waals surface area contributed by atoms with E-state index in [4.69, 9.17) is 22.1 Å². The molecule has 0 radical (unpaired) electrons. The van der Waals surface area contributed by atoms with Gasteiger partial charge in [0.2, 0.25) is 5.95 Å². The van der Waals surface area contributed by atoms with E-state index in [9.17, 15) is 4.79 Å². The normalized spacial score (nSPS) is 10.3. The summed E-state index contributed by atoms with van der Waals surface area (Å²) in [6.45, 7) is 0. The number of nitrogens with zero attached hydrogens (tertiary/aromatic N) is 2. The number of rotatable bonds is 4. The third-order valence-electron chi connectivity index (χ3n) is 3.53. The number of methoxy groups -OCH3 is 1. The van der Waals surface area contributed by atoms with E-state index in [0.717, 1.165) is 5.56 Å². The van der Waals surface area contributed by atoms with Crippen LogP contribution in [0.5, 0.6) is 5.75 Å². The summed E-state index contributed by atoms with van der Waals surface area (Å²) in [6.07, 6.45) is 1.60. The number of carbonyl (C=O) groups is 1. The Morgan fingerprint density at radius 1 is 1.16 bits per heavy atom. The number of hydrogen-bond donors (Lipinski definition) is 2. The van der Waals surface area contributed by atoms with E-state index in [1.54, 1.807) is 42.6 Å².